The summed E-state index contributed by atoms with van der Waals surface area (Å²) in [5.41, 5.74) is 0.284. The molecule has 1 amide bonds. The van der Waals surface area contributed by atoms with Crippen LogP contribution in [0.1, 0.15) is 35.6 Å². The molecule has 0 aromatic carbocycles. The molecule has 0 aliphatic heterocycles. The molecule has 1 aromatic heterocycles. The summed E-state index contributed by atoms with van der Waals surface area (Å²) >= 11 is 1.29. The first-order valence-corrected chi connectivity index (χ1v) is 6.83. The number of anilines is 1. The van der Waals surface area contributed by atoms with Crippen molar-refractivity contribution in [2.24, 2.45) is 0 Å². The topological polar surface area (TPSA) is 77.5 Å². The van der Waals surface area contributed by atoms with Crippen LogP contribution in [0.5, 0.6) is 0 Å². The normalized spacial score (nSPS) is 10.3. The molecule has 1 rings (SSSR count). The lowest BCUT2D eigenvalue weighted by Crippen LogP contribution is -2.09. The molecular formula is C12H18N2O4S. The summed E-state index contributed by atoms with van der Waals surface area (Å²) in [6.45, 7) is 4.04. The monoisotopic (exact) mass is 286 g/mol. The third-order valence-electron chi connectivity index (χ3n) is 2.20. The lowest BCUT2D eigenvalue weighted by atomic mass is 10.2. The predicted octanol–water partition coefficient (Wildman–Crippen LogP) is 1.86. The lowest BCUT2D eigenvalue weighted by Gasteiger charge is -2.01. The first kappa shape index (κ1) is 15.6. The molecule has 0 unspecified atom stereocenters. The largest absolute Gasteiger partial charge is 0.461 e. The fraction of sp³-hybridized carbons (Fsp3) is 0.583. The summed E-state index contributed by atoms with van der Waals surface area (Å²) < 4.78 is 9.94. The Bertz CT molecular complexity index is 445. The molecule has 7 heteroatoms. The minimum atomic E-state index is -0.456. The molecule has 0 aliphatic rings. The smallest absolute Gasteiger partial charge is 0.358 e. The van der Waals surface area contributed by atoms with Crippen LogP contribution in [0.15, 0.2) is 0 Å². The molecule has 0 radical (unpaired) electrons. The summed E-state index contributed by atoms with van der Waals surface area (Å²) in [7, 11) is 1.63. The van der Waals surface area contributed by atoms with Gasteiger partial charge in [-0.25, -0.2) is 9.78 Å². The van der Waals surface area contributed by atoms with Crippen LogP contribution in [-0.4, -0.2) is 37.2 Å². The Labute approximate surface area is 116 Å². The molecule has 0 aliphatic carbocycles. The highest BCUT2D eigenvalue weighted by Gasteiger charge is 2.19. The second-order valence-electron chi connectivity index (χ2n) is 3.79. The van der Waals surface area contributed by atoms with Crippen molar-refractivity contribution in [2.75, 3.05) is 25.6 Å². The van der Waals surface area contributed by atoms with Crippen LogP contribution in [0.3, 0.4) is 0 Å². The van der Waals surface area contributed by atoms with Gasteiger partial charge in [-0.3, -0.25) is 4.79 Å². The SMILES string of the molecule is CCOC(=O)c1nc(NC(C)=O)sc1CCCOC. The van der Waals surface area contributed by atoms with Crippen molar-refractivity contribution in [2.45, 2.75) is 26.7 Å². The number of amides is 1. The van der Waals surface area contributed by atoms with E-state index in [-0.39, 0.29) is 11.6 Å². The van der Waals surface area contributed by atoms with E-state index in [2.05, 4.69) is 10.3 Å². The first-order valence-electron chi connectivity index (χ1n) is 6.01. The molecule has 1 N–H and O–H groups in total. The number of methoxy groups -OCH3 is 1. The molecule has 0 saturated heterocycles. The van der Waals surface area contributed by atoms with E-state index in [0.29, 0.717) is 24.8 Å². The third kappa shape index (κ3) is 4.96. The molecule has 0 fully saturated rings. The zero-order valence-corrected chi connectivity index (χ0v) is 12.1. The van der Waals surface area contributed by atoms with Gasteiger partial charge < -0.3 is 14.8 Å². The van der Waals surface area contributed by atoms with E-state index >= 15 is 0 Å². The first-order chi connectivity index (χ1) is 9.08. The number of aromatic nitrogens is 1. The molecule has 19 heavy (non-hydrogen) atoms. The van der Waals surface area contributed by atoms with E-state index in [9.17, 15) is 9.59 Å². The number of carbonyl (C=O) groups excluding carboxylic acids is 2. The average molecular weight is 286 g/mol. The highest BCUT2D eigenvalue weighted by Crippen LogP contribution is 2.25. The summed E-state index contributed by atoms with van der Waals surface area (Å²) in [5, 5.41) is 3.00. The van der Waals surface area contributed by atoms with E-state index in [0.717, 1.165) is 11.3 Å². The summed E-state index contributed by atoms with van der Waals surface area (Å²) in [4.78, 5) is 27.7. The van der Waals surface area contributed by atoms with Crippen molar-refractivity contribution in [3.8, 4) is 0 Å². The van der Waals surface area contributed by atoms with Crippen molar-refractivity contribution in [3.63, 3.8) is 0 Å². The molecule has 106 valence electrons. The second-order valence-corrected chi connectivity index (χ2v) is 4.87. The van der Waals surface area contributed by atoms with Gasteiger partial charge >= 0.3 is 5.97 Å². The van der Waals surface area contributed by atoms with E-state index < -0.39 is 5.97 Å². The predicted molar refractivity (Wildman–Crippen MR) is 72.6 cm³/mol. The van der Waals surface area contributed by atoms with E-state index in [1.165, 1.54) is 18.3 Å². The van der Waals surface area contributed by atoms with Crippen molar-refractivity contribution in [3.05, 3.63) is 10.6 Å². The number of rotatable bonds is 7. The van der Waals surface area contributed by atoms with Gasteiger partial charge in [0.15, 0.2) is 10.8 Å². The van der Waals surface area contributed by atoms with Gasteiger partial charge in [0.2, 0.25) is 5.91 Å². The van der Waals surface area contributed by atoms with Gasteiger partial charge in [0, 0.05) is 25.5 Å². The van der Waals surface area contributed by atoms with Crippen molar-refractivity contribution >= 4 is 28.3 Å². The van der Waals surface area contributed by atoms with Crippen LogP contribution in [0.25, 0.3) is 0 Å². The number of thiazole rings is 1. The number of nitrogens with zero attached hydrogens (tertiary/aromatic N) is 1. The third-order valence-corrected chi connectivity index (χ3v) is 3.23. The molecule has 0 bridgehead atoms. The van der Waals surface area contributed by atoms with Crippen LogP contribution in [0, 0.1) is 0 Å². The van der Waals surface area contributed by atoms with Crippen molar-refractivity contribution < 1.29 is 19.1 Å². The quantitative estimate of drug-likeness (QED) is 0.611. The molecular weight excluding hydrogens is 268 g/mol. The minimum absolute atomic E-state index is 0.215. The number of nitrogens with one attached hydrogen (secondary N) is 1. The molecule has 0 saturated carbocycles. The second kappa shape index (κ2) is 7.85. The number of esters is 1. The van der Waals surface area contributed by atoms with E-state index in [1.807, 2.05) is 0 Å². The van der Waals surface area contributed by atoms with Gasteiger partial charge in [-0.15, -0.1) is 11.3 Å². The van der Waals surface area contributed by atoms with Gasteiger partial charge in [0.1, 0.15) is 0 Å². The zero-order chi connectivity index (χ0) is 14.3. The number of aryl methyl sites for hydroxylation is 1. The Hall–Kier alpha value is -1.47. The lowest BCUT2D eigenvalue weighted by molar-refractivity contribution is -0.114. The highest BCUT2D eigenvalue weighted by atomic mass is 32.1. The van der Waals surface area contributed by atoms with E-state index in [4.69, 9.17) is 9.47 Å². The molecule has 0 atom stereocenters. The Morgan fingerprint density at radius 2 is 2.16 bits per heavy atom. The summed E-state index contributed by atoms with van der Waals surface area (Å²) in [6, 6.07) is 0. The minimum Gasteiger partial charge on any atom is -0.461 e. The summed E-state index contributed by atoms with van der Waals surface area (Å²) in [5.74, 6) is -0.671. The number of carbonyl (C=O) groups is 2. The molecule has 1 aromatic rings. The van der Waals surface area contributed by atoms with Crippen LogP contribution in [-0.2, 0) is 20.7 Å². The Balaban J connectivity index is 2.86. The maximum Gasteiger partial charge on any atom is 0.358 e. The Morgan fingerprint density at radius 3 is 2.74 bits per heavy atom. The van der Waals surface area contributed by atoms with Crippen LogP contribution in [0.2, 0.25) is 0 Å². The number of hydrogen-bond acceptors (Lipinski definition) is 6. The average Bonchev–Trinajstić information content (AvgIpc) is 2.72. The number of hydrogen-bond donors (Lipinski definition) is 1. The van der Waals surface area contributed by atoms with Gasteiger partial charge in [-0.2, -0.15) is 0 Å². The van der Waals surface area contributed by atoms with Gasteiger partial charge in [-0.05, 0) is 19.8 Å². The van der Waals surface area contributed by atoms with Crippen LogP contribution in [0.4, 0.5) is 5.13 Å². The number of ether oxygens (including phenoxy) is 2. The maximum atomic E-state index is 11.8. The van der Waals surface area contributed by atoms with Gasteiger partial charge in [-0.1, -0.05) is 0 Å². The zero-order valence-electron chi connectivity index (χ0n) is 11.3. The highest BCUT2D eigenvalue weighted by molar-refractivity contribution is 7.16. The fourth-order valence-corrected chi connectivity index (χ4v) is 2.50. The molecule has 0 spiro atoms. The van der Waals surface area contributed by atoms with Crippen molar-refractivity contribution in [1.82, 2.24) is 4.98 Å². The van der Waals surface area contributed by atoms with Crippen molar-refractivity contribution in [1.29, 1.82) is 0 Å². The molecule has 1 heterocycles. The fourth-order valence-electron chi connectivity index (χ4n) is 1.46. The maximum absolute atomic E-state index is 11.8. The Morgan fingerprint density at radius 1 is 1.42 bits per heavy atom. The summed E-state index contributed by atoms with van der Waals surface area (Å²) in [6.07, 6.45) is 1.45. The van der Waals surface area contributed by atoms with E-state index in [1.54, 1.807) is 14.0 Å². The standard InChI is InChI=1S/C12H18N2O4S/c1-4-18-11(16)10-9(6-5-7-17-3)19-12(14-10)13-8(2)15/h4-7H2,1-3H3,(H,13,14,15). The van der Waals surface area contributed by atoms with Gasteiger partial charge in [0.05, 0.1) is 6.61 Å². The van der Waals surface area contributed by atoms with Gasteiger partial charge in [0.25, 0.3) is 0 Å². The van der Waals surface area contributed by atoms with Crippen LogP contribution < -0.4 is 5.32 Å². The molecule has 6 nitrogen and oxygen atoms in total. The van der Waals surface area contributed by atoms with Crippen LogP contribution >= 0.6 is 11.3 Å². The Kier molecular flexibility index (Phi) is 6.44.